The Balaban J connectivity index is 1.70. The molecule has 3 rings (SSSR count). The van der Waals surface area contributed by atoms with Crippen molar-refractivity contribution < 1.29 is 33.4 Å². The molecular weight excluding hydrogens is 392 g/mol. The molecule has 2 atom stereocenters. The van der Waals surface area contributed by atoms with E-state index in [1.165, 1.54) is 32.4 Å². The van der Waals surface area contributed by atoms with Crippen LogP contribution in [-0.4, -0.2) is 55.3 Å². The van der Waals surface area contributed by atoms with E-state index in [0.717, 1.165) is 4.90 Å². The van der Waals surface area contributed by atoms with Gasteiger partial charge in [-0.1, -0.05) is 12.2 Å². The van der Waals surface area contributed by atoms with Crippen LogP contribution in [0.15, 0.2) is 30.4 Å². The second-order valence-corrected chi connectivity index (χ2v) is 7.03. The van der Waals surface area contributed by atoms with Gasteiger partial charge in [-0.2, -0.15) is 0 Å². The number of esters is 2. The summed E-state index contributed by atoms with van der Waals surface area (Å²) in [6.45, 7) is -0.0548. The van der Waals surface area contributed by atoms with Gasteiger partial charge in [0.15, 0.2) is 0 Å². The number of anilines is 1. The number of carbonyl (C=O) groups is 5. The van der Waals surface area contributed by atoms with E-state index in [1.54, 1.807) is 0 Å². The summed E-state index contributed by atoms with van der Waals surface area (Å²) < 4.78 is 9.35. The van der Waals surface area contributed by atoms with Crippen LogP contribution >= 0.6 is 0 Å². The molecule has 3 amide bonds. The molecule has 0 saturated carbocycles. The summed E-state index contributed by atoms with van der Waals surface area (Å²) in [5, 5.41) is 2.55. The highest BCUT2D eigenvalue weighted by Crippen LogP contribution is 2.35. The van der Waals surface area contributed by atoms with Crippen molar-refractivity contribution >= 4 is 35.3 Å². The van der Waals surface area contributed by atoms with Crippen LogP contribution in [0.3, 0.4) is 0 Å². The number of carbonyl (C=O) groups excluding carboxylic acids is 5. The number of allylic oxidation sites excluding steroid dienone is 2. The summed E-state index contributed by atoms with van der Waals surface area (Å²) in [4.78, 5) is 62.3. The van der Waals surface area contributed by atoms with Crippen LogP contribution in [0, 0.1) is 11.8 Å². The predicted octanol–water partition coefficient (Wildman–Crippen LogP) is 1.54. The Morgan fingerprint density at radius 1 is 1.00 bits per heavy atom. The van der Waals surface area contributed by atoms with Crippen LogP contribution in [0.25, 0.3) is 0 Å². The molecule has 9 nitrogen and oxygen atoms in total. The first-order chi connectivity index (χ1) is 14.4. The van der Waals surface area contributed by atoms with E-state index in [1.807, 2.05) is 12.2 Å². The maximum absolute atomic E-state index is 12.5. The molecule has 0 spiro atoms. The van der Waals surface area contributed by atoms with Crippen LogP contribution in [0.2, 0.25) is 0 Å². The van der Waals surface area contributed by atoms with Crippen molar-refractivity contribution in [3.8, 4) is 0 Å². The summed E-state index contributed by atoms with van der Waals surface area (Å²) in [6, 6.07) is 4.03. The Bertz CT molecular complexity index is 911. The molecular formula is C21H22N2O7. The van der Waals surface area contributed by atoms with Crippen LogP contribution in [0.5, 0.6) is 0 Å². The zero-order valence-electron chi connectivity index (χ0n) is 16.7. The second-order valence-electron chi connectivity index (χ2n) is 7.03. The minimum absolute atomic E-state index is 0.0548. The van der Waals surface area contributed by atoms with Gasteiger partial charge in [-0.05, 0) is 31.0 Å². The highest BCUT2D eigenvalue weighted by molar-refractivity contribution is 6.06. The molecule has 1 aliphatic carbocycles. The minimum atomic E-state index is -0.691. The number of benzene rings is 1. The molecule has 0 bridgehead atoms. The average Bonchev–Trinajstić information content (AvgIpc) is 3.01. The fourth-order valence-electron chi connectivity index (χ4n) is 3.70. The quantitative estimate of drug-likeness (QED) is 0.426. The normalized spacial score (nSPS) is 20.0. The highest BCUT2D eigenvalue weighted by atomic mass is 16.5. The molecule has 0 radical (unpaired) electrons. The molecule has 0 aromatic heterocycles. The number of likely N-dealkylation sites (tertiary alicyclic amines) is 1. The monoisotopic (exact) mass is 414 g/mol. The van der Waals surface area contributed by atoms with Gasteiger partial charge in [0.25, 0.3) is 0 Å². The number of imide groups is 1. The topological polar surface area (TPSA) is 119 Å². The Kier molecular flexibility index (Phi) is 6.29. The number of nitrogens with one attached hydrogen (secondary N) is 1. The minimum Gasteiger partial charge on any atom is -0.465 e. The van der Waals surface area contributed by atoms with Crippen LogP contribution in [0.1, 0.15) is 40.0 Å². The molecule has 1 heterocycles. The van der Waals surface area contributed by atoms with Crippen LogP contribution in [-0.2, 0) is 23.9 Å². The van der Waals surface area contributed by atoms with Crippen molar-refractivity contribution in [1.29, 1.82) is 0 Å². The third-order valence-corrected chi connectivity index (χ3v) is 5.28. The van der Waals surface area contributed by atoms with Gasteiger partial charge in [0.2, 0.25) is 17.7 Å². The number of nitrogens with zero attached hydrogens (tertiary/aromatic N) is 1. The Morgan fingerprint density at radius 2 is 1.60 bits per heavy atom. The molecule has 1 N–H and O–H groups in total. The van der Waals surface area contributed by atoms with Crippen molar-refractivity contribution in [3.05, 3.63) is 41.5 Å². The van der Waals surface area contributed by atoms with Crippen LogP contribution in [0.4, 0.5) is 5.69 Å². The maximum atomic E-state index is 12.5. The largest absolute Gasteiger partial charge is 0.465 e. The van der Waals surface area contributed by atoms with Gasteiger partial charge in [0, 0.05) is 13.0 Å². The molecule has 1 fully saturated rings. The van der Waals surface area contributed by atoms with E-state index in [4.69, 9.17) is 4.74 Å². The number of ether oxygens (including phenoxy) is 2. The highest BCUT2D eigenvalue weighted by Gasteiger charge is 2.46. The van der Waals surface area contributed by atoms with Crippen molar-refractivity contribution in [2.75, 3.05) is 26.1 Å². The van der Waals surface area contributed by atoms with Gasteiger partial charge in [-0.3, -0.25) is 19.3 Å². The molecule has 1 aromatic carbocycles. The Hall–Kier alpha value is -3.49. The van der Waals surface area contributed by atoms with E-state index in [-0.39, 0.29) is 53.4 Å². The lowest BCUT2D eigenvalue weighted by molar-refractivity contribution is -0.140. The third-order valence-electron chi connectivity index (χ3n) is 5.28. The molecule has 0 unspecified atom stereocenters. The molecule has 1 aromatic rings. The molecule has 1 saturated heterocycles. The van der Waals surface area contributed by atoms with Gasteiger partial charge >= 0.3 is 11.9 Å². The van der Waals surface area contributed by atoms with E-state index in [2.05, 4.69) is 10.1 Å². The zero-order chi connectivity index (χ0) is 21.8. The first-order valence-electron chi connectivity index (χ1n) is 9.48. The summed E-state index contributed by atoms with van der Waals surface area (Å²) in [5.74, 6) is -3.07. The third kappa shape index (κ3) is 4.10. The van der Waals surface area contributed by atoms with Gasteiger partial charge < -0.3 is 14.8 Å². The van der Waals surface area contributed by atoms with E-state index < -0.39 is 17.8 Å². The zero-order valence-corrected chi connectivity index (χ0v) is 16.7. The fraction of sp³-hybridized carbons (Fsp3) is 0.381. The Labute approximate surface area is 173 Å². The smallest absolute Gasteiger partial charge is 0.339 e. The van der Waals surface area contributed by atoms with Crippen molar-refractivity contribution in [1.82, 2.24) is 4.90 Å². The molecule has 30 heavy (non-hydrogen) atoms. The predicted molar refractivity (Wildman–Crippen MR) is 104 cm³/mol. The first-order valence-corrected chi connectivity index (χ1v) is 9.48. The maximum Gasteiger partial charge on any atom is 0.339 e. The SMILES string of the molecule is COC(=O)c1ccc(C(=O)OC)c(NC(=O)CCN2C(=O)[C@H]3CC=CC[C@H]3C2=O)c1. The fourth-order valence-corrected chi connectivity index (χ4v) is 3.70. The van der Waals surface area contributed by atoms with Gasteiger partial charge in [-0.25, -0.2) is 9.59 Å². The number of amides is 3. The lowest BCUT2D eigenvalue weighted by Crippen LogP contribution is -2.34. The van der Waals surface area contributed by atoms with Gasteiger partial charge in [-0.15, -0.1) is 0 Å². The van der Waals surface area contributed by atoms with E-state index in [0.29, 0.717) is 12.8 Å². The number of hydrogen-bond donors (Lipinski definition) is 1. The van der Waals surface area contributed by atoms with E-state index in [9.17, 15) is 24.0 Å². The molecule has 9 heteroatoms. The average molecular weight is 414 g/mol. The summed E-state index contributed by atoms with van der Waals surface area (Å²) >= 11 is 0. The summed E-state index contributed by atoms with van der Waals surface area (Å²) in [5.41, 5.74) is 0.276. The van der Waals surface area contributed by atoms with Gasteiger partial charge in [0.05, 0.1) is 42.9 Å². The number of fused-ring (bicyclic) bond motifs is 1. The van der Waals surface area contributed by atoms with Crippen LogP contribution < -0.4 is 5.32 Å². The van der Waals surface area contributed by atoms with Gasteiger partial charge in [0.1, 0.15) is 0 Å². The lowest BCUT2D eigenvalue weighted by atomic mass is 9.85. The number of rotatable bonds is 6. The van der Waals surface area contributed by atoms with Crippen molar-refractivity contribution in [3.63, 3.8) is 0 Å². The standard InChI is InChI=1S/C21H22N2O7/c1-29-20(27)12-7-8-15(21(28)30-2)16(11-12)22-17(24)9-10-23-18(25)13-5-3-4-6-14(13)19(23)26/h3-4,7-8,11,13-14H,5-6,9-10H2,1-2H3,(H,22,24)/t13-,14+. The van der Waals surface area contributed by atoms with E-state index >= 15 is 0 Å². The summed E-state index contributed by atoms with van der Waals surface area (Å²) in [6.07, 6.45) is 4.70. The second kappa shape index (κ2) is 8.89. The number of methoxy groups -OCH3 is 2. The summed E-state index contributed by atoms with van der Waals surface area (Å²) in [7, 11) is 2.41. The first kappa shape index (κ1) is 21.2. The number of hydrogen-bond acceptors (Lipinski definition) is 7. The Morgan fingerprint density at radius 3 is 2.17 bits per heavy atom. The van der Waals surface area contributed by atoms with Crippen molar-refractivity contribution in [2.45, 2.75) is 19.3 Å². The molecule has 158 valence electrons. The molecule has 1 aliphatic heterocycles. The lowest BCUT2D eigenvalue weighted by Gasteiger charge is -2.15. The van der Waals surface area contributed by atoms with Crippen molar-refractivity contribution in [2.24, 2.45) is 11.8 Å². The molecule has 2 aliphatic rings.